The zero-order valence-electron chi connectivity index (χ0n) is 19.4. The molecule has 1 aromatic carbocycles. The quantitative estimate of drug-likeness (QED) is 0.373. The fourth-order valence-corrected chi connectivity index (χ4v) is 5.92. The molecule has 0 unspecified atom stereocenters. The van der Waals surface area contributed by atoms with Crippen LogP contribution in [0, 0.1) is 6.92 Å². The Kier molecular flexibility index (Phi) is 6.57. The summed E-state index contributed by atoms with van der Waals surface area (Å²) in [6, 6.07) is 11.6. The van der Waals surface area contributed by atoms with E-state index in [0.717, 1.165) is 24.3 Å². The molecule has 2 fully saturated rings. The fourth-order valence-electron chi connectivity index (χ4n) is 4.37. The molecule has 10 heteroatoms. The minimum Gasteiger partial charge on any atom is -0.368 e. The molecule has 0 saturated carbocycles. The number of thioether (sulfide) groups is 1. The molecule has 1 amide bonds. The predicted molar refractivity (Wildman–Crippen MR) is 148 cm³/mol. The van der Waals surface area contributed by atoms with E-state index in [1.165, 1.54) is 11.8 Å². The van der Waals surface area contributed by atoms with Gasteiger partial charge >= 0.3 is 0 Å². The normalized spacial score (nSPS) is 17.8. The van der Waals surface area contributed by atoms with Crippen molar-refractivity contribution < 1.29 is 4.79 Å². The lowest BCUT2D eigenvalue weighted by Crippen LogP contribution is -2.47. The summed E-state index contributed by atoms with van der Waals surface area (Å²) in [4.78, 5) is 37.8. The van der Waals surface area contributed by atoms with Crippen LogP contribution < -0.4 is 15.4 Å². The zero-order valence-corrected chi connectivity index (χ0v) is 21.8. The summed E-state index contributed by atoms with van der Waals surface area (Å²) in [5, 5.41) is 0.705. The number of thiocarbonyl (C=S) groups is 1. The van der Waals surface area contributed by atoms with Crippen molar-refractivity contribution in [1.29, 1.82) is 0 Å². The number of hydrogen-bond donors (Lipinski definition) is 0. The fraction of sp³-hybridized carbons (Fsp3) is 0.280. The molecule has 2 aliphatic heterocycles. The Bertz CT molecular complexity index is 1430. The van der Waals surface area contributed by atoms with Gasteiger partial charge in [-0.1, -0.05) is 47.7 Å². The van der Waals surface area contributed by atoms with Crippen LogP contribution in [0.5, 0.6) is 0 Å². The minimum atomic E-state index is -0.201. The molecule has 2 aliphatic rings. The van der Waals surface area contributed by atoms with Gasteiger partial charge in [0.2, 0.25) is 0 Å². The number of pyridine rings is 1. The van der Waals surface area contributed by atoms with Crippen molar-refractivity contribution in [3.8, 4) is 0 Å². The van der Waals surface area contributed by atoms with Crippen molar-refractivity contribution in [2.75, 3.05) is 42.5 Å². The van der Waals surface area contributed by atoms with Crippen molar-refractivity contribution in [3.63, 3.8) is 0 Å². The van der Waals surface area contributed by atoms with Gasteiger partial charge in [0.15, 0.2) is 0 Å². The number of carbonyl (C=O) groups excluding carboxylic acids is 1. The van der Waals surface area contributed by atoms with Crippen LogP contribution >= 0.6 is 35.6 Å². The highest BCUT2D eigenvalue weighted by atomic mass is 35.5. The van der Waals surface area contributed by atoms with E-state index in [9.17, 15) is 9.59 Å². The molecule has 2 saturated heterocycles. The van der Waals surface area contributed by atoms with Crippen molar-refractivity contribution in [2.24, 2.45) is 0 Å². The number of carbonyl (C=O) groups is 1. The number of aryl methyl sites for hydroxylation is 1. The van der Waals surface area contributed by atoms with Crippen LogP contribution in [0.25, 0.3) is 11.7 Å². The number of amides is 1. The Labute approximate surface area is 218 Å². The second-order valence-corrected chi connectivity index (χ2v) is 10.6. The summed E-state index contributed by atoms with van der Waals surface area (Å²) >= 11 is 12.8. The van der Waals surface area contributed by atoms with Crippen LogP contribution in [0.2, 0.25) is 5.02 Å². The van der Waals surface area contributed by atoms with Gasteiger partial charge in [0.25, 0.3) is 11.5 Å². The lowest BCUT2D eigenvalue weighted by atomic mass is 10.2. The van der Waals surface area contributed by atoms with Crippen molar-refractivity contribution in [2.45, 2.75) is 13.8 Å². The second kappa shape index (κ2) is 9.64. The first-order chi connectivity index (χ1) is 16.9. The molecule has 0 atom stereocenters. The highest BCUT2D eigenvalue weighted by molar-refractivity contribution is 8.26. The minimum absolute atomic E-state index is 0.173. The maximum atomic E-state index is 13.7. The first-order valence-electron chi connectivity index (χ1n) is 11.4. The number of rotatable bonds is 4. The summed E-state index contributed by atoms with van der Waals surface area (Å²) in [6.07, 6.45) is 3.44. The van der Waals surface area contributed by atoms with Gasteiger partial charge in [-0.15, -0.1) is 0 Å². The first-order valence-corrected chi connectivity index (χ1v) is 13.0. The molecule has 35 heavy (non-hydrogen) atoms. The van der Waals surface area contributed by atoms with E-state index in [1.807, 2.05) is 50.2 Å². The number of fused-ring (bicyclic) bond motifs is 1. The predicted octanol–water partition coefficient (Wildman–Crippen LogP) is 4.20. The highest BCUT2D eigenvalue weighted by Crippen LogP contribution is 2.33. The topological polar surface area (TPSA) is 61.2 Å². The molecule has 0 N–H and O–H groups in total. The van der Waals surface area contributed by atoms with Crippen LogP contribution in [-0.2, 0) is 4.79 Å². The van der Waals surface area contributed by atoms with E-state index in [4.69, 9.17) is 28.8 Å². The third-order valence-electron chi connectivity index (χ3n) is 6.20. The molecule has 0 radical (unpaired) electrons. The van der Waals surface area contributed by atoms with Crippen LogP contribution in [0.4, 0.5) is 11.5 Å². The van der Waals surface area contributed by atoms with Gasteiger partial charge < -0.3 is 9.80 Å². The maximum Gasteiger partial charge on any atom is 0.267 e. The summed E-state index contributed by atoms with van der Waals surface area (Å²) in [7, 11) is 0. The molecule has 0 bridgehead atoms. The van der Waals surface area contributed by atoms with Gasteiger partial charge in [-0.2, -0.15) is 0 Å². The largest absolute Gasteiger partial charge is 0.368 e. The maximum absolute atomic E-state index is 13.7. The van der Waals surface area contributed by atoms with Gasteiger partial charge in [0.1, 0.15) is 15.8 Å². The lowest BCUT2D eigenvalue weighted by Gasteiger charge is -2.37. The number of benzene rings is 1. The van der Waals surface area contributed by atoms with Crippen LogP contribution in [0.15, 0.2) is 52.3 Å². The molecule has 4 heterocycles. The Balaban J connectivity index is 1.54. The van der Waals surface area contributed by atoms with Crippen molar-refractivity contribution >= 4 is 69.0 Å². The average Bonchev–Trinajstić information content (AvgIpc) is 3.13. The first kappa shape index (κ1) is 23.8. The van der Waals surface area contributed by atoms with Gasteiger partial charge in [-0.05, 0) is 49.8 Å². The van der Waals surface area contributed by atoms with Crippen LogP contribution in [0.1, 0.15) is 18.1 Å². The summed E-state index contributed by atoms with van der Waals surface area (Å²) in [6.45, 7) is 7.18. The molecule has 3 aromatic rings. The summed E-state index contributed by atoms with van der Waals surface area (Å²) < 4.78 is 2.05. The second-order valence-electron chi connectivity index (χ2n) is 8.47. The van der Waals surface area contributed by atoms with Crippen molar-refractivity contribution in [1.82, 2.24) is 14.3 Å². The molecular weight excluding hydrogens is 502 g/mol. The van der Waals surface area contributed by atoms with Gasteiger partial charge in [0.05, 0.1) is 10.5 Å². The van der Waals surface area contributed by atoms with Gasteiger partial charge in [-0.25, -0.2) is 4.98 Å². The molecule has 2 aromatic heterocycles. The van der Waals surface area contributed by atoms with E-state index in [1.54, 1.807) is 21.6 Å². The average molecular weight is 526 g/mol. The highest BCUT2D eigenvalue weighted by Gasteiger charge is 2.32. The van der Waals surface area contributed by atoms with Gasteiger partial charge in [0, 0.05) is 49.6 Å². The van der Waals surface area contributed by atoms with E-state index in [0.29, 0.717) is 50.9 Å². The summed E-state index contributed by atoms with van der Waals surface area (Å²) in [5.41, 5.74) is 2.80. The molecule has 180 valence electrons. The van der Waals surface area contributed by atoms with Crippen molar-refractivity contribution in [3.05, 3.63) is 74.0 Å². The van der Waals surface area contributed by atoms with E-state index < -0.39 is 0 Å². The summed E-state index contributed by atoms with van der Waals surface area (Å²) in [5.74, 6) is 0.416. The third-order valence-corrected chi connectivity index (χ3v) is 7.82. The monoisotopic (exact) mass is 525 g/mol. The zero-order chi connectivity index (χ0) is 24.7. The molecule has 7 nitrogen and oxygen atoms in total. The third kappa shape index (κ3) is 4.55. The Morgan fingerprint density at radius 1 is 1.11 bits per heavy atom. The standard InChI is InChI=1S/C25H24ClN5O2S2/c1-3-30-24(33)20(35-25(30)34)14-19-22(27-21-8-7-16(2)15-31(21)23(19)32)29-11-9-28(10-12-29)18-6-4-5-17(26)13-18/h4-8,13-15H,3,9-12H2,1-2H3/b20-14-. The Hall–Kier alpha value is -2.88. The lowest BCUT2D eigenvalue weighted by molar-refractivity contribution is -0.121. The van der Waals surface area contributed by atoms with E-state index in [-0.39, 0.29) is 11.5 Å². The number of piperazine rings is 1. The van der Waals surface area contributed by atoms with E-state index in [2.05, 4.69) is 9.80 Å². The Morgan fingerprint density at radius 3 is 2.54 bits per heavy atom. The number of anilines is 2. The molecule has 0 aliphatic carbocycles. The molecular formula is C25H24ClN5O2S2. The number of likely N-dealkylation sites (N-methyl/N-ethyl adjacent to an activating group) is 1. The number of halogens is 1. The number of aromatic nitrogens is 2. The number of nitrogens with zero attached hydrogens (tertiary/aromatic N) is 5. The van der Waals surface area contributed by atoms with Crippen LogP contribution in [-0.4, -0.2) is 57.2 Å². The van der Waals surface area contributed by atoms with Gasteiger partial charge in [-0.3, -0.25) is 18.9 Å². The SMILES string of the molecule is CCN1C(=O)/C(=C/c2c(N3CCN(c4cccc(Cl)c4)CC3)nc3ccc(C)cn3c2=O)SC1=S. The van der Waals surface area contributed by atoms with E-state index >= 15 is 0 Å². The van der Waals surface area contributed by atoms with Crippen LogP contribution in [0.3, 0.4) is 0 Å². The molecule has 5 rings (SSSR count). The smallest absolute Gasteiger partial charge is 0.267 e. The molecule has 0 spiro atoms. The number of hydrogen-bond acceptors (Lipinski definition) is 7. The Morgan fingerprint density at radius 2 is 1.86 bits per heavy atom.